The zero-order valence-corrected chi connectivity index (χ0v) is 16.0. The number of carbonyl (C=O) groups is 1. The van der Waals surface area contributed by atoms with Gasteiger partial charge in [0.25, 0.3) is 9.84 Å². The minimum absolute atomic E-state index is 0.199. The fraction of sp³-hybridized carbons (Fsp3) is 0.214. The van der Waals surface area contributed by atoms with E-state index in [-0.39, 0.29) is 4.68 Å². The molecule has 1 aromatic carbocycles. The van der Waals surface area contributed by atoms with Crippen LogP contribution in [0.25, 0.3) is 5.69 Å². The average Bonchev–Trinajstić information content (AvgIpc) is 2.92. The normalized spacial score (nSPS) is 12.7. The Morgan fingerprint density at radius 3 is 1.97 bits per heavy atom. The highest BCUT2D eigenvalue weighted by atomic mass is 35.5. The van der Waals surface area contributed by atoms with E-state index in [0.29, 0.717) is 19.1 Å². The average molecular weight is 480 g/mol. The van der Waals surface area contributed by atoms with Crippen LogP contribution in [-0.2, 0) is 16.0 Å². The first-order chi connectivity index (χ1) is 13.0. The lowest BCUT2D eigenvalue weighted by molar-refractivity contribution is -0.137. The molecule has 1 aromatic heterocycles. The third-order valence-electron chi connectivity index (χ3n) is 3.41. The standard InChI is InChI=1S/C14H5Cl2F6N3O3S/c1-5(26)10-12(29(27,28)14(20,21)22)9(4-23)24-25(10)11-7(15)2-6(3-8(11)16)13(17,18)19/h2-3H,1H3. The monoisotopic (exact) mass is 479 g/mol. The molecule has 1 heterocycles. The van der Waals surface area contributed by atoms with Gasteiger partial charge in [-0.05, 0) is 12.1 Å². The molecule has 156 valence electrons. The number of aromatic nitrogens is 2. The molecule has 0 amide bonds. The van der Waals surface area contributed by atoms with Crippen LogP contribution in [0.5, 0.6) is 0 Å². The fourth-order valence-electron chi connectivity index (χ4n) is 2.25. The van der Waals surface area contributed by atoms with Crippen molar-refractivity contribution >= 4 is 38.8 Å². The number of alkyl halides is 6. The van der Waals surface area contributed by atoms with Crippen molar-refractivity contribution in [1.29, 1.82) is 5.26 Å². The second kappa shape index (κ2) is 7.19. The van der Waals surface area contributed by atoms with Crippen molar-refractivity contribution in [2.45, 2.75) is 23.5 Å². The van der Waals surface area contributed by atoms with Gasteiger partial charge in [-0.1, -0.05) is 23.2 Å². The van der Waals surface area contributed by atoms with Crippen LogP contribution in [0.4, 0.5) is 26.3 Å². The Bertz CT molecular complexity index is 1140. The van der Waals surface area contributed by atoms with Gasteiger partial charge in [0.15, 0.2) is 11.5 Å². The molecular formula is C14H5Cl2F6N3O3S. The molecule has 2 aromatic rings. The van der Waals surface area contributed by atoms with Crippen LogP contribution in [-0.4, -0.2) is 29.5 Å². The Hall–Kier alpha value is -2.30. The summed E-state index contributed by atoms with van der Waals surface area (Å²) in [6.45, 7) is 0.663. The van der Waals surface area contributed by atoms with Gasteiger partial charge >= 0.3 is 11.7 Å². The third-order valence-corrected chi connectivity index (χ3v) is 5.52. The Balaban J connectivity index is 2.98. The summed E-state index contributed by atoms with van der Waals surface area (Å²) in [7, 11) is -6.23. The van der Waals surface area contributed by atoms with E-state index in [9.17, 15) is 39.6 Å². The second-order valence-corrected chi connectivity index (χ2v) is 8.03. The van der Waals surface area contributed by atoms with Crippen molar-refractivity contribution in [1.82, 2.24) is 9.78 Å². The first-order valence-corrected chi connectivity index (χ1v) is 9.20. The zero-order valence-electron chi connectivity index (χ0n) is 13.7. The molecule has 0 fully saturated rings. The Labute approximate surface area is 168 Å². The summed E-state index contributed by atoms with van der Waals surface area (Å²) in [4.78, 5) is 10.2. The van der Waals surface area contributed by atoms with Gasteiger partial charge in [0.05, 0.1) is 15.6 Å². The lowest BCUT2D eigenvalue weighted by Crippen LogP contribution is -2.25. The first-order valence-electron chi connectivity index (χ1n) is 6.96. The van der Waals surface area contributed by atoms with Gasteiger partial charge < -0.3 is 0 Å². The van der Waals surface area contributed by atoms with Crippen molar-refractivity contribution in [2.24, 2.45) is 0 Å². The van der Waals surface area contributed by atoms with E-state index in [4.69, 9.17) is 28.5 Å². The molecule has 0 radical (unpaired) electrons. The van der Waals surface area contributed by atoms with Crippen LogP contribution in [0, 0.1) is 11.3 Å². The number of sulfone groups is 1. The van der Waals surface area contributed by atoms with E-state index >= 15 is 0 Å². The number of ketones is 1. The molecule has 0 unspecified atom stereocenters. The Morgan fingerprint density at radius 1 is 1.14 bits per heavy atom. The molecule has 0 saturated heterocycles. The highest BCUT2D eigenvalue weighted by molar-refractivity contribution is 7.92. The molecule has 29 heavy (non-hydrogen) atoms. The molecule has 0 atom stereocenters. The summed E-state index contributed by atoms with van der Waals surface area (Å²) in [6, 6.07) is 1.80. The maximum atomic E-state index is 13.0. The van der Waals surface area contributed by atoms with Crippen molar-refractivity contribution in [3.05, 3.63) is 39.1 Å². The number of halogens is 8. The predicted molar refractivity (Wildman–Crippen MR) is 86.5 cm³/mol. The van der Waals surface area contributed by atoms with E-state index in [1.165, 1.54) is 0 Å². The van der Waals surface area contributed by atoms with E-state index in [1.807, 2.05) is 0 Å². The van der Waals surface area contributed by atoms with E-state index < -0.39 is 64.9 Å². The van der Waals surface area contributed by atoms with Crippen molar-refractivity contribution in [3.8, 4) is 11.8 Å². The molecular weight excluding hydrogens is 475 g/mol. The van der Waals surface area contributed by atoms with Gasteiger partial charge in [-0.2, -0.15) is 36.7 Å². The van der Waals surface area contributed by atoms with Crippen molar-refractivity contribution < 1.29 is 39.6 Å². The Morgan fingerprint density at radius 2 is 1.62 bits per heavy atom. The topological polar surface area (TPSA) is 92.8 Å². The predicted octanol–water partition coefficient (Wildman–Crippen LogP) is 4.57. The number of benzene rings is 1. The smallest absolute Gasteiger partial charge is 0.293 e. The quantitative estimate of drug-likeness (QED) is 0.475. The first kappa shape index (κ1) is 23.0. The highest BCUT2D eigenvalue weighted by Crippen LogP contribution is 2.40. The van der Waals surface area contributed by atoms with Gasteiger partial charge in [0, 0.05) is 6.92 Å². The van der Waals surface area contributed by atoms with Gasteiger partial charge in [-0.3, -0.25) is 4.79 Å². The highest BCUT2D eigenvalue weighted by Gasteiger charge is 2.51. The summed E-state index contributed by atoms with van der Waals surface area (Å²) < 4.78 is 102. The van der Waals surface area contributed by atoms with E-state index in [0.717, 1.165) is 6.07 Å². The third kappa shape index (κ3) is 3.92. The molecule has 0 N–H and O–H groups in total. The minimum Gasteiger partial charge on any atom is -0.293 e. The lowest BCUT2D eigenvalue weighted by Gasteiger charge is -2.14. The SMILES string of the molecule is CC(=O)c1c(S(=O)(=O)C(F)(F)F)c(C#N)nn1-c1c(Cl)cc(C(F)(F)F)cc1Cl. The lowest BCUT2D eigenvalue weighted by atomic mass is 10.2. The summed E-state index contributed by atoms with van der Waals surface area (Å²) >= 11 is 11.5. The number of Topliss-reactive ketones (excluding diaryl/α,β-unsaturated/α-hetero) is 1. The summed E-state index contributed by atoms with van der Waals surface area (Å²) in [5.41, 5.74) is -10.5. The molecule has 6 nitrogen and oxygen atoms in total. The fourth-order valence-corrected chi connectivity index (χ4v) is 3.95. The summed E-state index contributed by atoms with van der Waals surface area (Å²) in [5, 5.41) is 10.7. The largest absolute Gasteiger partial charge is 0.502 e. The summed E-state index contributed by atoms with van der Waals surface area (Å²) in [6.07, 6.45) is -4.89. The number of carbonyl (C=O) groups excluding carboxylic acids is 1. The summed E-state index contributed by atoms with van der Waals surface area (Å²) in [5.74, 6) is -1.30. The van der Waals surface area contributed by atoms with Crippen LogP contribution >= 0.6 is 23.2 Å². The number of rotatable bonds is 3. The molecule has 0 spiro atoms. The van der Waals surface area contributed by atoms with Gasteiger partial charge in [-0.25, -0.2) is 13.1 Å². The number of hydrogen-bond acceptors (Lipinski definition) is 5. The van der Waals surface area contributed by atoms with Crippen molar-refractivity contribution in [2.75, 3.05) is 0 Å². The molecule has 0 aliphatic carbocycles. The molecule has 0 bridgehead atoms. The number of nitriles is 1. The number of hydrogen-bond donors (Lipinski definition) is 0. The van der Waals surface area contributed by atoms with Gasteiger partial charge in [0.1, 0.15) is 22.3 Å². The van der Waals surface area contributed by atoms with Crippen LogP contribution < -0.4 is 0 Å². The van der Waals surface area contributed by atoms with Crippen LogP contribution in [0.3, 0.4) is 0 Å². The van der Waals surface area contributed by atoms with Gasteiger partial charge in [0.2, 0.25) is 0 Å². The molecule has 0 aliphatic heterocycles. The van der Waals surface area contributed by atoms with E-state index in [2.05, 4.69) is 5.10 Å². The Kier molecular flexibility index (Phi) is 5.70. The number of nitrogens with zero attached hydrogens (tertiary/aromatic N) is 3. The molecule has 2 rings (SSSR count). The van der Waals surface area contributed by atoms with E-state index in [1.54, 1.807) is 0 Å². The van der Waals surface area contributed by atoms with Crippen LogP contribution in [0.2, 0.25) is 10.0 Å². The minimum atomic E-state index is -6.23. The maximum Gasteiger partial charge on any atom is 0.502 e. The zero-order chi connectivity index (χ0) is 22.5. The van der Waals surface area contributed by atoms with Crippen molar-refractivity contribution in [3.63, 3.8) is 0 Å². The second-order valence-electron chi connectivity index (χ2n) is 5.34. The maximum absolute atomic E-state index is 13.0. The van der Waals surface area contributed by atoms with Gasteiger partial charge in [-0.15, -0.1) is 0 Å². The van der Waals surface area contributed by atoms with Crippen LogP contribution in [0.1, 0.15) is 28.7 Å². The van der Waals surface area contributed by atoms with Crippen LogP contribution in [0.15, 0.2) is 17.0 Å². The molecule has 15 heteroatoms. The molecule has 0 aliphatic rings. The molecule has 0 saturated carbocycles.